The summed E-state index contributed by atoms with van der Waals surface area (Å²) in [6.45, 7) is 1.91. The second-order valence-corrected chi connectivity index (χ2v) is 8.62. The largest absolute Gasteiger partial charge is 0.454 e. The van der Waals surface area contributed by atoms with Crippen molar-refractivity contribution in [2.24, 2.45) is 5.73 Å². The Hall–Kier alpha value is -2.55. The van der Waals surface area contributed by atoms with Crippen molar-refractivity contribution in [2.75, 3.05) is 18.8 Å². The first-order chi connectivity index (χ1) is 13.3. The Morgan fingerprint density at radius 3 is 2.46 bits per heavy atom. The van der Waals surface area contributed by atoms with Crippen LogP contribution in [0, 0.1) is 11.6 Å². The van der Waals surface area contributed by atoms with E-state index in [2.05, 4.69) is 0 Å². The molecule has 0 aromatic heterocycles. The quantitative estimate of drug-likeness (QED) is 0.739. The summed E-state index contributed by atoms with van der Waals surface area (Å²) in [6, 6.07) is 9.36. The number of sulfonamides is 1. The molecule has 8 heteroatoms. The van der Waals surface area contributed by atoms with Gasteiger partial charge < -0.3 is 10.5 Å². The molecular weight excluding hydrogens is 386 g/mol. The molecule has 0 aliphatic carbocycles. The van der Waals surface area contributed by atoms with Crippen LogP contribution in [0.15, 0.2) is 66.4 Å². The lowest BCUT2D eigenvalue weighted by Gasteiger charge is -2.37. The summed E-state index contributed by atoms with van der Waals surface area (Å²) in [4.78, 5) is 0. The number of nitrogens with two attached hydrogens (primary N) is 1. The van der Waals surface area contributed by atoms with Gasteiger partial charge in [-0.15, -0.1) is 0 Å². The summed E-state index contributed by atoms with van der Waals surface area (Å²) >= 11 is 0. The van der Waals surface area contributed by atoms with Crippen LogP contribution < -0.4 is 14.4 Å². The summed E-state index contributed by atoms with van der Waals surface area (Å²) in [7, 11) is -3.58. The van der Waals surface area contributed by atoms with Crippen LogP contribution in [0.1, 0.15) is 6.92 Å². The monoisotopic (exact) mass is 407 g/mol. The van der Waals surface area contributed by atoms with Crippen molar-refractivity contribution in [3.8, 4) is 11.5 Å². The molecule has 0 spiro atoms. The van der Waals surface area contributed by atoms with Crippen LogP contribution in [-0.2, 0) is 10.0 Å². The number of quaternary nitrogens is 1. The first-order valence-electron chi connectivity index (χ1n) is 8.75. The van der Waals surface area contributed by atoms with E-state index >= 15 is 0 Å². The highest BCUT2D eigenvalue weighted by Gasteiger charge is 2.46. The molecule has 1 aliphatic rings. The minimum absolute atomic E-state index is 0.0583. The zero-order valence-electron chi connectivity index (χ0n) is 15.3. The summed E-state index contributed by atoms with van der Waals surface area (Å²) in [5, 5.41) is 0. The van der Waals surface area contributed by atoms with Crippen LogP contribution in [0.3, 0.4) is 0 Å². The Bertz CT molecular complexity index is 1030. The van der Waals surface area contributed by atoms with E-state index < -0.39 is 21.7 Å². The molecule has 0 bridgehead atoms. The molecule has 28 heavy (non-hydrogen) atoms. The van der Waals surface area contributed by atoms with Gasteiger partial charge in [-0.1, -0.05) is 6.08 Å². The molecule has 1 unspecified atom stereocenters. The van der Waals surface area contributed by atoms with Gasteiger partial charge in [-0.2, -0.15) is 12.3 Å². The number of nitrogens with zero attached hydrogens (tertiary/aromatic N) is 1. The van der Waals surface area contributed by atoms with Crippen LogP contribution in [-0.4, -0.2) is 27.3 Å². The van der Waals surface area contributed by atoms with E-state index in [0.717, 1.165) is 12.1 Å². The maximum absolute atomic E-state index is 13.8. The normalized spacial score (nSPS) is 19.4. The van der Waals surface area contributed by atoms with Gasteiger partial charge in [0.1, 0.15) is 23.8 Å². The lowest BCUT2D eigenvalue weighted by atomic mass is 10.2. The third kappa shape index (κ3) is 3.46. The maximum Gasteiger partial charge on any atom is 0.306 e. The minimum Gasteiger partial charge on any atom is -0.454 e. The molecule has 148 valence electrons. The number of halogens is 2. The Kier molecular flexibility index (Phi) is 5.64. The van der Waals surface area contributed by atoms with Gasteiger partial charge in [0.25, 0.3) is 0 Å². The average molecular weight is 407 g/mol. The third-order valence-corrected chi connectivity index (χ3v) is 6.95. The fraction of sp³-hybridized carbons (Fsp3) is 0.200. The lowest BCUT2D eigenvalue weighted by molar-refractivity contribution is 0.437. The van der Waals surface area contributed by atoms with Crippen molar-refractivity contribution < 1.29 is 21.9 Å². The fourth-order valence-corrected chi connectivity index (χ4v) is 4.92. The first kappa shape index (κ1) is 20.2. The number of ether oxygens (including phenoxy) is 1. The van der Waals surface area contributed by atoms with E-state index in [1.165, 1.54) is 6.07 Å². The van der Waals surface area contributed by atoms with E-state index in [1.54, 1.807) is 49.4 Å². The molecule has 1 atom stereocenters. The molecule has 0 saturated heterocycles. The van der Waals surface area contributed by atoms with E-state index in [0.29, 0.717) is 17.1 Å². The van der Waals surface area contributed by atoms with Crippen LogP contribution in [0.25, 0.3) is 0 Å². The molecule has 0 saturated carbocycles. The Morgan fingerprint density at radius 2 is 1.86 bits per heavy atom. The molecule has 2 aromatic rings. The average Bonchev–Trinajstić information content (AvgIpc) is 2.70. The van der Waals surface area contributed by atoms with Crippen LogP contribution in [0.2, 0.25) is 0 Å². The van der Waals surface area contributed by atoms with Gasteiger partial charge in [0, 0.05) is 18.2 Å². The van der Waals surface area contributed by atoms with E-state index in [9.17, 15) is 17.2 Å². The Morgan fingerprint density at radius 1 is 1.14 bits per heavy atom. The van der Waals surface area contributed by atoms with Crippen molar-refractivity contribution >= 4 is 15.7 Å². The molecule has 5 nitrogen and oxygen atoms in total. The predicted molar refractivity (Wildman–Crippen MR) is 105 cm³/mol. The Labute approximate surface area is 163 Å². The zero-order chi connectivity index (χ0) is 20.4. The molecule has 1 aliphatic heterocycles. The highest BCUT2D eigenvalue weighted by molar-refractivity contribution is 7.91. The number of benzene rings is 2. The molecule has 0 radical (unpaired) electrons. The fourth-order valence-electron chi connectivity index (χ4n) is 3.23. The number of allylic oxidation sites excluding steroid dienone is 2. The molecule has 2 aromatic carbocycles. The smallest absolute Gasteiger partial charge is 0.306 e. The lowest BCUT2D eigenvalue weighted by Crippen LogP contribution is -2.56. The van der Waals surface area contributed by atoms with E-state index in [-0.39, 0.29) is 28.5 Å². The third-order valence-electron chi connectivity index (χ3n) is 4.68. The molecule has 0 fully saturated rings. The van der Waals surface area contributed by atoms with Crippen LogP contribution >= 0.6 is 0 Å². The molecule has 1 heterocycles. The van der Waals surface area contributed by atoms with Crippen molar-refractivity contribution in [3.63, 3.8) is 0 Å². The summed E-state index contributed by atoms with van der Waals surface area (Å²) < 4.78 is 57.9. The molecular formula is C20H21F2N2O3S+. The molecule has 2 N–H and O–H groups in total. The van der Waals surface area contributed by atoms with Crippen molar-refractivity contribution in [1.29, 1.82) is 0 Å². The number of hydrogen-bond acceptors (Lipinski definition) is 4. The van der Waals surface area contributed by atoms with Gasteiger partial charge in [0.2, 0.25) is 0 Å². The number of rotatable bonds is 6. The van der Waals surface area contributed by atoms with Gasteiger partial charge in [-0.05, 0) is 43.3 Å². The first-order valence-corrected chi connectivity index (χ1v) is 10.4. The van der Waals surface area contributed by atoms with Gasteiger partial charge in [0.05, 0.1) is 12.3 Å². The zero-order valence-corrected chi connectivity index (χ0v) is 16.1. The second-order valence-electron chi connectivity index (χ2n) is 6.25. The summed E-state index contributed by atoms with van der Waals surface area (Å²) in [5.41, 5.74) is 6.92. The topological polar surface area (TPSA) is 69.4 Å². The van der Waals surface area contributed by atoms with Gasteiger partial charge in [-0.3, -0.25) is 0 Å². The number of hydrogen-bond donors (Lipinski definition) is 1. The van der Waals surface area contributed by atoms with Crippen LogP contribution in [0.5, 0.6) is 11.5 Å². The summed E-state index contributed by atoms with van der Waals surface area (Å²) in [5.74, 6) is -1.40. The highest BCUT2D eigenvalue weighted by atomic mass is 32.2. The molecule has 0 amide bonds. The van der Waals surface area contributed by atoms with Crippen molar-refractivity contribution in [1.82, 2.24) is 3.89 Å². The highest BCUT2D eigenvalue weighted by Crippen LogP contribution is 2.37. The maximum atomic E-state index is 13.8. The van der Waals surface area contributed by atoms with E-state index in [1.807, 2.05) is 0 Å². The van der Waals surface area contributed by atoms with Gasteiger partial charge in [-0.25, -0.2) is 8.78 Å². The Balaban J connectivity index is 2.00. The SMILES string of the molecule is CCS(=O)(=O)[N+]1(c2ccc(Oc3ccc(F)cc3F)cc2)CC=CC=C1CN. The van der Waals surface area contributed by atoms with Crippen LogP contribution in [0.4, 0.5) is 14.5 Å². The minimum atomic E-state index is -3.58. The molecule has 3 rings (SSSR count). The second kappa shape index (κ2) is 7.83. The predicted octanol–water partition coefficient (Wildman–Crippen LogP) is 3.83. The van der Waals surface area contributed by atoms with Gasteiger partial charge in [0.15, 0.2) is 17.3 Å². The van der Waals surface area contributed by atoms with Crippen molar-refractivity contribution in [3.05, 3.63) is 78.0 Å². The van der Waals surface area contributed by atoms with Gasteiger partial charge >= 0.3 is 10.0 Å². The van der Waals surface area contributed by atoms with E-state index in [4.69, 9.17) is 10.5 Å². The summed E-state index contributed by atoms with van der Waals surface area (Å²) in [6.07, 6.45) is 5.29. The standard InChI is InChI=1S/C20H21F2N2O3S/c1-2-28(25,26)24(12-4-3-5-17(24)14-23)16-7-9-18(10-8-16)27-20-11-6-15(21)13-19(20)22/h3-11,13H,2,12,14,23H2,1H3/q+1. The van der Waals surface area contributed by atoms with Crippen molar-refractivity contribution in [2.45, 2.75) is 6.92 Å².